The highest BCUT2D eigenvalue weighted by Crippen LogP contribution is 1.89. The van der Waals surface area contributed by atoms with Crippen molar-refractivity contribution in [2.24, 2.45) is 5.92 Å². The largest absolute Gasteiger partial charge is 0.358 e. The molecular formula is C8H18N2O. The minimum absolute atomic E-state index is 0.0469. The van der Waals surface area contributed by atoms with Crippen LogP contribution in [0.15, 0.2) is 0 Å². The minimum atomic E-state index is -0.0811. The van der Waals surface area contributed by atoms with Gasteiger partial charge in [-0.05, 0) is 19.4 Å². The Morgan fingerprint density at radius 1 is 1.36 bits per heavy atom. The number of likely N-dealkylation sites (N-methyl/N-ethyl adjacent to an activating group) is 1. The van der Waals surface area contributed by atoms with Crippen molar-refractivity contribution in [3.8, 4) is 0 Å². The number of hydrogen-bond acceptors (Lipinski definition) is 2. The summed E-state index contributed by atoms with van der Waals surface area (Å²) >= 11 is 0. The predicted molar refractivity (Wildman–Crippen MR) is 46.4 cm³/mol. The monoisotopic (exact) mass is 158 g/mol. The molecule has 3 nitrogen and oxygen atoms in total. The van der Waals surface area contributed by atoms with Gasteiger partial charge in [-0.3, -0.25) is 4.79 Å². The van der Waals surface area contributed by atoms with Crippen molar-refractivity contribution in [1.82, 2.24) is 10.6 Å². The van der Waals surface area contributed by atoms with Crippen LogP contribution in [-0.4, -0.2) is 25.5 Å². The van der Waals surface area contributed by atoms with E-state index in [2.05, 4.69) is 24.5 Å². The van der Waals surface area contributed by atoms with Crippen molar-refractivity contribution in [2.45, 2.75) is 26.8 Å². The number of carbonyl (C=O) groups excluding carboxylic acids is 1. The molecule has 2 N–H and O–H groups in total. The highest BCUT2D eigenvalue weighted by atomic mass is 16.2. The van der Waals surface area contributed by atoms with E-state index in [0.717, 1.165) is 6.54 Å². The van der Waals surface area contributed by atoms with E-state index in [1.54, 1.807) is 7.05 Å². The third-order valence-corrected chi connectivity index (χ3v) is 1.47. The van der Waals surface area contributed by atoms with Crippen molar-refractivity contribution in [2.75, 3.05) is 13.6 Å². The lowest BCUT2D eigenvalue weighted by Gasteiger charge is -2.13. The smallest absolute Gasteiger partial charge is 0.236 e. The molecule has 0 aromatic carbocycles. The quantitative estimate of drug-likeness (QED) is 0.620. The topological polar surface area (TPSA) is 41.1 Å². The van der Waals surface area contributed by atoms with E-state index < -0.39 is 0 Å². The Bertz CT molecular complexity index is 123. The molecule has 11 heavy (non-hydrogen) atoms. The van der Waals surface area contributed by atoms with Gasteiger partial charge < -0.3 is 10.6 Å². The zero-order valence-electron chi connectivity index (χ0n) is 7.77. The highest BCUT2D eigenvalue weighted by molar-refractivity contribution is 5.80. The van der Waals surface area contributed by atoms with E-state index in [-0.39, 0.29) is 11.9 Å². The normalized spacial score (nSPS) is 13.2. The van der Waals surface area contributed by atoms with Gasteiger partial charge in [-0.1, -0.05) is 13.8 Å². The molecule has 0 radical (unpaired) electrons. The van der Waals surface area contributed by atoms with Crippen LogP contribution >= 0.6 is 0 Å². The fourth-order valence-corrected chi connectivity index (χ4v) is 0.722. The van der Waals surface area contributed by atoms with Gasteiger partial charge in [0.25, 0.3) is 0 Å². The van der Waals surface area contributed by atoms with Crippen LogP contribution in [-0.2, 0) is 4.79 Å². The van der Waals surface area contributed by atoms with E-state index in [1.165, 1.54) is 0 Å². The molecule has 0 unspecified atom stereocenters. The van der Waals surface area contributed by atoms with Gasteiger partial charge >= 0.3 is 0 Å². The third-order valence-electron chi connectivity index (χ3n) is 1.47. The molecule has 0 aliphatic heterocycles. The van der Waals surface area contributed by atoms with Crippen LogP contribution in [0.25, 0.3) is 0 Å². The summed E-state index contributed by atoms with van der Waals surface area (Å²) in [6.07, 6.45) is 0. The Kier molecular flexibility index (Phi) is 4.86. The zero-order chi connectivity index (χ0) is 8.85. The molecule has 1 amide bonds. The first-order chi connectivity index (χ1) is 5.07. The fraction of sp³-hybridized carbons (Fsp3) is 0.875. The van der Waals surface area contributed by atoms with Gasteiger partial charge in [0.15, 0.2) is 0 Å². The average molecular weight is 158 g/mol. The maximum atomic E-state index is 11.0. The van der Waals surface area contributed by atoms with Crippen molar-refractivity contribution < 1.29 is 4.79 Å². The SMILES string of the molecule is CNC(=O)[C@@H](C)NCC(C)C. The van der Waals surface area contributed by atoms with Crippen molar-refractivity contribution >= 4 is 5.91 Å². The molecule has 0 saturated carbocycles. The minimum Gasteiger partial charge on any atom is -0.358 e. The van der Waals surface area contributed by atoms with Gasteiger partial charge in [-0.25, -0.2) is 0 Å². The van der Waals surface area contributed by atoms with Crippen molar-refractivity contribution in [3.05, 3.63) is 0 Å². The molecule has 0 rings (SSSR count). The van der Waals surface area contributed by atoms with Gasteiger partial charge in [0.1, 0.15) is 0 Å². The van der Waals surface area contributed by atoms with Crippen LogP contribution < -0.4 is 10.6 Å². The fourth-order valence-electron chi connectivity index (χ4n) is 0.722. The average Bonchev–Trinajstić information content (AvgIpc) is 1.98. The van der Waals surface area contributed by atoms with Crippen molar-refractivity contribution in [3.63, 3.8) is 0 Å². The molecule has 0 spiro atoms. The molecule has 0 aliphatic rings. The van der Waals surface area contributed by atoms with Crippen LogP contribution in [0.4, 0.5) is 0 Å². The summed E-state index contributed by atoms with van der Waals surface area (Å²) in [5, 5.41) is 5.71. The standard InChI is InChI=1S/C8H18N2O/c1-6(2)5-10-7(3)8(11)9-4/h6-7,10H,5H2,1-4H3,(H,9,11)/t7-/m1/s1. The molecule has 66 valence electrons. The number of rotatable bonds is 4. The number of carbonyl (C=O) groups is 1. The van der Waals surface area contributed by atoms with Crippen LogP contribution in [0.2, 0.25) is 0 Å². The van der Waals surface area contributed by atoms with E-state index in [0.29, 0.717) is 5.92 Å². The summed E-state index contributed by atoms with van der Waals surface area (Å²) in [7, 11) is 1.65. The summed E-state index contributed by atoms with van der Waals surface area (Å²) in [5.41, 5.74) is 0. The summed E-state index contributed by atoms with van der Waals surface area (Å²) in [6, 6.07) is -0.0811. The van der Waals surface area contributed by atoms with Crippen LogP contribution in [0.1, 0.15) is 20.8 Å². The lowest BCUT2D eigenvalue weighted by molar-refractivity contribution is -0.122. The van der Waals surface area contributed by atoms with Gasteiger partial charge in [0, 0.05) is 7.05 Å². The number of hydrogen-bond donors (Lipinski definition) is 2. The van der Waals surface area contributed by atoms with Gasteiger partial charge in [0.05, 0.1) is 6.04 Å². The predicted octanol–water partition coefficient (Wildman–Crippen LogP) is 0.366. The van der Waals surface area contributed by atoms with Gasteiger partial charge in [-0.2, -0.15) is 0 Å². The Morgan fingerprint density at radius 2 is 1.91 bits per heavy atom. The first-order valence-corrected chi connectivity index (χ1v) is 4.03. The molecule has 0 fully saturated rings. The third kappa shape index (κ3) is 4.79. The molecule has 0 bridgehead atoms. The number of amides is 1. The first kappa shape index (κ1) is 10.4. The second kappa shape index (κ2) is 5.13. The summed E-state index contributed by atoms with van der Waals surface area (Å²) in [5.74, 6) is 0.632. The second-order valence-corrected chi connectivity index (χ2v) is 3.14. The maximum Gasteiger partial charge on any atom is 0.236 e. The van der Waals surface area contributed by atoms with E-state index >= 15 is 0 Å². The zero-order valence-corrected chi connectivity index (χ0v) is 7.77. The van der Waals surface area contributed by atoms with Crippen LogP contribution in [0.3, 0.4) is 0 Å². The molecule has 0 aliphatic carbocycles. The Morgan fingerprint density at radius 3 is 2.27 bits per heavy atom. The lowest BCUT2D eigenvalue weighted by atomic mass is 10.2. The molecule has 3 heteroatoms. The van der Waals surface area contributed by atoms with E-state index in [4.69, 9.17) is 0 Å². The lowest BCUT2D eigenvalue weighted by Crippen LogP contribution is -2.41. The molecule has 0 aromatic heterocycles. The highest BCUT2D eigenvalue weighted by Gasteiger charge is 2.09. The molecule has 0 heterocycles. The van der Waals surface area contributed by atoms with Gasteiger partial charge in [0.2, 0.25) is 5.91 Å². The molecule has 0 aromatic rings. The van der Waals surface area contributed by atoms with Crippen molar-refractivity contribution in [1.29, 1.82) is 0 Å². The van der Waals surface area contributed by atoms with Crippen LogP contribution in [0.5, 0.6) is 0 Å². The second-order valence-electron chi connectivity index (χ2n) is 3.14. The summed E-state index contributed by atoms with van der Waals surface area (Å²) < 4.78 is 0. The Hall–Kier alpha value is -0.570. The Balaban J connectivity index is 3.52. The molecular weight excluding hydrogens is 140 g/mol. The number of nitrogens with one attached hydrogen (secondary N) is 2. The van der Waals surface area contributed by atoms with Crippen LogP contribution in [0, 0.1) is 5.92 Å². The summed E-state index contributed by atoms with van der Waals surface area (Å²) in [6.45, 7) is 6.98. The van der Waals surface area contributed by atoms with E-state index in [9.17, 15) is 4.79 Å². The molecule has 0 saturated heterocycles. The first-order valence-electron chi connectivity index (χ1n) is 4.03. The van der Waals surface area contributed by atoms with Gasteiger partial charge in [-0.15, -0.1) is 0 Å². The maximum absolute atomic E-state index is 11.0. The summed E-state index contributed by atoms with van der Waals surface area (Å²) in [4.78, 5) is 11.0. The molecule has 1 atom stereocenters. The van der Waals surface area contributed by atoms with E-state index in [1.807, 2.05) is 6.92 Å². The Labute approximate surface area is 68.6 Å².